The van der Waals surface area contributed by atoms with Gasteiger partial charge in [0.2, 0.25) is 0 Å². The molecule has 5 heteroatoms. The van der Waals surface area contributed by atoms with Crippen LogP contribution in [0.15, 0.2) is 24.3 Å². The lowest BCUT2D eigenvalue weighted by molar-refractivity contribution is 0.283. The van der Waals surface area contributed by atoms with Gasteiger partial charge >= 0.3 is 0 Å². The summed E-state index contributed by atoms with van der Waals surface area (Å²) < 4.78 is 5.38. The summed E-state index contributed by atoms with van der Waals surface area (Å²) in [5.41, 5.74) is 1.93. The van der Waals surface area contributed by atoms with E-state index in [1.54, 1.807) is 7.11 Å². The number of para-hydroxylation sites is 2. The molecule has 0 radical (unpaired) electrons. The van der Waals surface area contributed by atoms with Crippen molar-refractivity contribution in [2.24, 2.45) is 0 Å². The largest absolute Gasteiger partial charge is 0.495 e. The molecule has 0 aliphatic heterocycles. The molecule has 20 heavy (non-hydrogen) atoms. The normalized spacial score (nSPS) is 10.9. The van der Waals surface area contributed by atoms with Crippen LogP contribution in [0, 0.1) is 0 Å². The number of aliphatic hydroxyl groups is 1. The number of methoxy groups -OCH3 is 1. The average molecular weight is 292 g/mol. The van der Waals surface area contributed by atoms with Gasteiger partial charge in [-0.05, 0) is 18.1 Å². The van der Waals surface area contributed by atoms with Crippen LogP contribution in [-0.4, -0.2) is 24.2 Å². The van der Waals surface area contributed by atoms with Gasteiger partial charge in [0.05, 0.1) is 30.0 Å². The van der Waals surface area contributed by atoms with Gasteiger partial charge in [-0.15, -0.1) is 0 Å². The van der Waals surface area contributed by atoms with Crippen molar-refractivity contribution in [3.8, 4) is 5.75 Å². The number of thiazole rings is 1. The number of aliphatic hydroxyl groups excluding tert-OH is 1. The lowest BCUT2D eigenvalue weighted by Gasteiger charge is -2.18. The van der Waals surface area contributed by atoms with E-state index in [2.05, 4.69) is 18.8 Å². The van der Waals surface area contributed by atoms with Crippen LogP contribution in [0.25, 0.3) is 0 Å². The van der Waals surface area contributed by atoms with Gasteiger partial charge in [-0.3, -0.25) is 0 Å². The van der Waals surface area contributed by atoms with Gasteiger partial charge < -0.3 is 14.7 Å². The molecule has 108 valence electrons. The molecule has 4 nitrogen and oxygen atoms in total. The quantitative estimate of drug-likeness (QED) is 0.915. The molecule has 1 heterocycles. The van der Waals surface area contributed by atoms with Gasteiger partial charge in [0, 0.05) is 7.05 Å². The van der Waals surface area contributed by atoms with E-state index in [9.17, 15) is 5.11 Å². The van der Waals surface area contributed by atoms with Gasteiger partial charge in [-0.2, -0.15) is 0 Å². The zero-order valence-electron chi connectivity index (χ0n) is 12.3. The summed E-state index contributed by atoms with van der Waals surface area (Å²) in [6.07, 6.45) is 0. The highest BCUT2D eigenvalue weighted by molar-refractivity contribution is 7.15. The fraction of sp³-hybridized carbons (Fsp3) is 0.400. The van der Waals surface area contributed by atoms with Crippen LogP contribution in [0.4, 0.5) is 10.8 Å². The van der Waals surface area contributed by atoms with Crippen molar-refractivity contribution in [2.75, 3.05) is 19.1 Å². The highest BCUT2D eigenvalue weighted by atomic mass is 32.1. The van der Waals surface area contributed by atoms with E-state index in [4.69, 9.17) is 4.74 Å². The number of anilines is 2. The third-order valence-corrected chi connectivity index (χ3v) is 4.27. The van der Waals surface area contributed by atoms with Crippen LogP contribution in [0.5, 0.6) is 5.75 Å². The first-order valence-corrected chi connectivity index (χ1v) is 7.37. The Morgan fingerprint density at radius 1 is 1.35 bits per heavy atom. The molecule has 0 aliphatic rings. The van der Waals surface area contributed by atoms with Crippen molar-refractivity contribution >= 4 is 22.2 Å². The van der Waals surface area contributed by atoms with Crippen LogP contribution >= 0.6 is 11.3 Å². The van der Waals surface area contributed by atoms with E-state index in [0.717, 1.165) is 27.1 Å². The minimum atomic E-state index is 0.0327. The van der Waals surface area contributed by atoms with E-state index in [1.807, 2.05) is 36.2 Å². The van der Waals surface area contributed by atoms with Gasteiger partial charge in [0.1, 0.15) is 5.75 Å². The first kappa shape index (κ1) is 14.8. The van der Waals surface area contributed by atoms with Gasteiger partial charge in [0.15, 0.2) is 5.13 Å². The van der Waals surface area contributed by atoms with Crippen LogP contribution in [0.3, 0.4) is 0 Å². The molecule has 0 saturated heterocycles. The van der Waals surface area contributed by atoms with Crippen molar-refractivity contribution in [3.05, 3.63) is 34.8 Å². The SMILES string of the molecule is COc1ccccc1N(C)c1nc(C(C)C)c(CO)s1. The predicted molar refractivity (Wildman–Crippen MR) is 83.2 cm³/mol. The number of benzene rings is 1. The average Bonchev–Trinajstić information content (AvgIpc) is 2.91. The van der Waals surface area contributed by atoms with Crippen molar-refractivity contribution in [2.45, 2.75) is 26.4 Å². The third-order valence-electron chi connectivity index (χ3n) is 3.14. The zero-order chi connectivity index (χ0) is 14.7. The Hall–Kier alpha value is -1.59. The summed E-state index contributed by atoms with van der Waals surface area (Å²) in [5.74, 6) is 1.11. The molecular formula is C15H20N2O2S. The fourth-order valence-corrected chi connectivity index (χ4v) is 3.12. The Morgan fingerprint density at radius 3 is 2.60 bits per heavy atom. The second kappa shape index (κ2) is 6.24. The monoisotopic (exact) mass is 292 g/mol. The predicted octanol–water partition coefficient (Wildman–Crippen LogP) is 3.54. The number of nitrogens with zero attached hydrogens (tertiary/aromatic N) is 2. The topological polar surface area (TPSA) is 45.6 Å². The molecule has 0 amide bonds. The van der Waals surface area contributed by atoms with E-state index < -0.39 is 0 Å². The molecule has 0 spiro atoms. The maximum atomic E-state index is 9.46. The Morgan fingerprint density at radius 2 is 2.05 bits per heavy atom. The maximum Gasteiger partial charge on any atom is 0.190 e. The number of aromatic nitrogens is 1. The first-order chi connectivity index (χ1) is 9.58. The molecule has 2 rings (SSSR count). The Kier molecular flexibility index (Phi) is 4.62. The minimum absolute atomic E-state index is 0.0327. The standard InChI is InChI=1S/C15H20N2O2S/c1-10(2)14-13(9-18)20-15(16-14)17(3)11-7-5-6-8-12(11)19-4/h5-8,10,18H,9H2,1-4H3. The molecule has 0 fully saturated rings. The Balaban J connectivity index is 2.40. The van der Waals surface area contributed by atoms with Crippen LogP contribution in [0.2, 0.25) is 0 Å². The molecule has 1 aromatic heterocycles. The second-order valence-electron chi connectivity index (χ2n) is 4.85. The molecule has 0 saturated carbocycles. The van der Waals surface area contributed by atoms with E-state index in [0.29, 0.717) is 5.92 Å². The molecule has 1 N–H and O–H groups in total. The fourth-order valence-electron chi connectivity index (χ4n) is 2.07. The number of hydrogen-bond donors (Lipinski definition) is 1. The molecule has 0 atom stereocenters. The van der Waals surface area contributed by atoms with E-state index in [1.165, 1.54) is 11.3 Å². The van der Waals surface area contributed by atoms with Gasteiger partial charge in [-0.25, -0.2) is 4.98 Å². The first-order valence-electron chi connectivity index (χ1n) is 6.55. The van der Waals surface area contributed by atoms with Crippen LogP contribution in [-0.2, 0) is 6.61 Å². The minimum Gasteiger partial charge on any atom is -0.495 e. The molecule has 0 aliphatic carbocycles. The molecule has 2 aromatic rings. The zero-order valence-corrected chi connectivity index (χ0v) is 13.1. The highest BCUT2D eigenvalue weighted by Crippen LogP contribution is 2.37. The van der Waals surface area contributed by atoms with Crippen molar-refractivity contribution in [1.82, 2.24) is 4.98 Å². The van der Waals surface area contributed by atoms with E-state index >= 15 is 0 Å². The Labute approximate surface area is 123 Å². The lowest BCUT2D eigenvalue weighted by atomic mass is 10.1. The maximum absolute atomic E-state index is 9.46. The molecule has 0 unspecified atom stereocenters. The van der Waals surface area contributed by atoms with Crippen molar-refractivity contribution in [1.29, 1.82) is 0 Å². The molecular weight excluding hydrogens is 272 g/mol. The summed E-state index contributed by atoms with van der Waals surface area (Å²) in [6.45, 7) is 4.20. The van der Waals surface area contributed by atoms with Crippen LogP contribution in [0.1, 0.15) is 30.3 Å². The molecule has 0 bridgehead atoms. The highest BCUT2D eigenvalue weighted by Gasteiger charge is 2.18. The smallest absolute Gasteiger partial charge is 0.190 e. The number of ether oxygens (including phenoxy) is 1. The van der Waals surface area contributed by atoms with E-state index in [-0.39, 0.29) is 6.61 Å². The van der Waals surface area contributed by atoms with Gasteiger partial charge in [0.25, 0.3) is 0 Å². The second-order valence-corrected chi connectivity index (χ2v) is 5.91. The number of rotatable bonds is 5. The summed E-state index contributed by atoms with van der Waals surface area (Å²) >= 11 is 1.52. The summed E-state index contributed by atoms with van der Waals surface area (Å²) in [6, 6.07) is 7.83. The summed E-state index contributed by atoms with van der Waals surface area (Å²) in [5, 5.41) is 10.3. The molecule has 1 aromatic carbocycles. The summed E-state index contributed by atoms with van der Waals surface area (Å²) in [4.78, 5) is 7.58. The van der Waals surface area contributed by atoms with Crippen molar-refractivity contribution < 1.29 is 9.84 Å². The number of hydrogen-bond acceptors (Lipinski definition) is 5. The van der Waals surface area contributed by atoms with Gasteiger partial charge in [-0.1, -0.05) is 37.3 Å². The van der Waals surface area contributed by atoms with Crippen LogP contribution < -0.4 is 9.64 Å². The summed E-state index contributed by atoms with van der Waals surface area (Å²) in [7, 11) is 3.62. The third kappa shape index (κ3) is 2.78. The Bertz CT molecular complexity index is 581. The lowest BCUT2D eigenvalue weighted by Crippen LogP contribution is -2.10. The van der Waals surface area contributed by atoms with Crippen molar-refractivity contribution in [3.63, 3.8) is 0 Å².